The Labute approximate surface area is 113 Å². The van der Waals surface area contributed by atoms with E-state index >= 15 is 0 Å². The molecule has 0 aliphatic carbocycles. The average Bonchev–Trinajstić information content (AvgIpc) is 2.29. The first-order chi connectivity index (χ1) is 8.73. The van der Waals surface area contributed by atoms with E-state index in [1.54, 1.807) is 13.8 Å². The van der Waals surface area contributed by atoms with Crippen LogP contribution in [0.15, 0.2) is 0 Å². The van der Waals surface area contributed by atoms with Gasteiger partial charge < -0.3 is 15.7 Å². The first-order valence-electron chi connectivity index (χ1n) is 6.52. The molecule has 0 saturated heterocycles. The number of amides is 2. The molecule has 6 nitrogen and oxygen atoms in total. The molecule has 19 heavy (non-hydrogen) atoms. The van der Waals surface area contributed by atoms with Crippen LogP contribution in [0, 0.1) is 11.8 Å². The van der Waals surface area contributed by atoms with Gasteiger partial charge >= 0.3 is 5.97 Å². The number of carboxylic acid groups (broad SMARTS) is 1. The molecule has 110 valence electrons. The van der Waals surface area contributed by atoms with E-state index in [4.69, 9.17) is 5.11 Å². The number of carboxylic acids is 1. The van der Waals surface area contributed by atoms with Crippen LogP contribution in [0.4, 0.5) is 0 Å². The van der Waals surface area contributed by atoms with Crippen LogP contribution in [0.5, 0.6) is 0 Å². The molecule has 3 N–H and O–H groups in total. The molecular formula is C13H24N2O4. The molecule has 2 amide bonds. The Hall–Kier alpha value is -1.59. The van der Waals surface area contributed by atoms with Gasteiger partial charge in [0.2, 0.25) is 11.8 Å². The summed E-state index contributed by atoms with van der Waals surface area (Å²) < 4.78 is 0. The molecular weight excluding hydrogens is 248 g/mol. The number of hydrogen-bond acceptors (Lipinski definition) is 3. The minimum absolute atomic E-state index is 0.187. The summed E-state index contributed by atoms with van der Waals surface area (Å²) in [5.74, 6) is -1.54. The van der Waals surface area contributed by atoms with E-state index in [1.807, 2.05) is 13.8 Å². The Morgan fingerprint density at radius 1 is 1.05 bits per heavy atom. The van der Waals surface area contributed by atoms with Crippen molar-refractivity contribution in [2.24, 2.45) is 11.8 Å². The third-order valence-corrected chi connectivity index (χ3v) is 2.64. The maximum atomic E-state index is 11.5. The zero-order valence-electron chi connectivity index (χ0n) is 12.0. The predicted octanol–water partition coefficient (Wildman–Crippen LogP) is 0.764. The molecule has 0 heterocycles. The number of carbonyl (C=O) groups excluding carboxylic acids is 2. The second-order valence-electron chi connectivity index (χ2n) is 5.34. The number of carbonyl (C=O) groups is 3. The Bertz CT molecular complexity index is 327. The Morgan fingerprint density at radius 3 is 2.05 bits per heavy atom. The smallest absolute Gasteiger partial charge is 0.326 e. The van der Waals surface area contributed by atoms with Gasteiger partial charge in [-0.2, -0.15) is 0 Å². The fraction of sp³-hybridized carbons (Fsp3) is 0.769. The highest BCUT2D eigenvalue weighted by Crippen LogP contribution is 2.03. The molecule has 0 aliphatic rings. The van der Waals surface area contributed by atoms with Gasteiger partial charge in [0, 0.05) is 6.42 Å². The molecule has 6 heteroatoms. The first kappa shape index (κ1) is 17.4. The lowest BCUT2D eigenvalue weighted by Gasteiger charge is -2.18. The van der Waals surface area contributed by atoms with Crippen molar-refractivity contribution in [3.8, 4) is 0 Å². The minimum atomic E-state index is -1.07. The van der Waals surface area contributed by atoms with E-state index in [9.17, 15) is 14.4 Å². The lowest BCUT2D eigenvalue weighted by Crippen LogP contribution is -2.48. The fourth-order valence-electron chi connectivity index (χ4n) is 1.43. The number of aliphatic carboxylic acids is 1. The first-order valence-corrected chi connectivity index (χ1v) is 6.52. The largest absolute Gasteiger partial charge is 0.480 e. The summed E-state index contributed by atoms with van der Waals surface area (Å²) in [6.07, 6.45) is 1.13. The molecule has 0 bridgehead atoms. The van der Waals surface area contributed by atoms with E-state index in [0.717, 1.165) is 6.42 Å². The predicted molar refractivity (Wildman–Crippen MR) is 71.5 cm³/mol. The molecule has 0 saturated carbocycles. The van der Waals surface area contributed by atoms with Gasteiger partial charge in [-0.15, -0.1) is 0 Å². The van der Waals surface area contributed by atoms with Gasteiger partial charge in [0.25, 0.3) is 0 Å². The van der Waals surface area contributed by atoms with Crippen LogP contribution >= 0.6 is 0 Å². The highest BCUT2D eigenvalue weighted by molar-refractivity contribution is 5.87. The lowest BCUT2D eigenvalue weighted by molar-refractivity contribution is -0.143. The number of nitrogens with one attached hydrogen (secondary N) is 2. The topological polar surface area (TPSA) is 95.5 Å². The van der Waals surface area contributed by atoms with Crippen LogP contribution in [0.3, 0.4) is 0 Å². The zero-order valence-corrected chi connectivity index (χ0v) is 12.0. The van der Waals surface area contributed by atoms with E-state index < -0.39 is 17.9 Å². The maximum Gasteiger partial charge on any atom is 0.326 e. The van der Waals surface area contributed by atoms with Crippen molar-refractivity contribution < 1.29 is 19.5 Å². The van der Waals surface area contributed by atoms with E-state index in [-0.39, 0.29) is 18.4 Å². The van der Waals surface area contributed by atoms with Crippen LogP contribution in [0.25, 0.3) is 0 Å². The number of hydrogen-bond donors (Lipinski definition) is 3. The van der Waals surface area contributed by atoms with Crippen molar-refractivity contribution in [3.63, 3.8) is 0 Å². The van der Waals surface area contributed by atoms with Gasteiger partial charge in [-0.1, -0.05) is 27.7 Å². The average molecular weight is 272 g/mol. The van der Waals surface area contributed by atoms with Gasteiger partial charge in [-0.3, -0.25) is 9.59 Å². The van der Waals surface area contributed by atoms with E-state index in [1.165, 1.54) is 0 Å². The van der Waals surface area contributed by atoms with Gasteiger partial charge in [0.05, 0.1) is 6.54 Å². The van der Waals surface area contributed by atoms with Crippen molar-refractivity contribution in [3.05, 3.63) is 0 Å². The standard InChI is InChI=1S/C13H24N2O4/c1-8(2)5-6-10(16)14-7-11(17)15-12(9(3)4)13(18)19/h8-9,12H,5-7H2,1-4H3,(H,14,16)(H,15,17)(H,18,19). The molecule has 0 aromatic carbocycles. The third-order valence-electron chi connectivity index (χ3n) is 2.64. The molecule has 1 atom stereocenters. The second kappa shape index (κ2) is 8.50. The van der Waals surface area contributed by atoms with Crippen LogP contribution in [0.2, 0.25) is 0 Å². The highest BCUT2D eigenvalue weighted by Gasteiger charge is 2.23. The van der Waals surface area contributed by atoms with Crippen molar-refractivity contribution >= 4 is 17.8 Å². The van der Waals surface area contributed by atoms with Gasteiger partial charge in [-0.25, -0.2) is 4.79 Å². The Morgan fingerprint density at radius 2 is 1.63 bits per heavy atom. The second-order valence-corrected chi connectivity index (χ2v) is 5.34. The molecule has 0 aromatic heterocycles. The summed E-state index contributed by atoms with van der Waals surface area (Å²) in [7, 11) is 0. The SMILES string of the molecule is CC(C)CCC(=O)NCC(=O)NC(C(=O)O)C(C)C. The van der Waals surface area contributed by atoms with Crippen LogP contribution in [-0.2, 0) is 14.4 Å². The fourth-order valence-corrected chi connectivity index (χ4v) is 1.43. The van der Waals surface area contributed by atoms with E-state index in [0.29, 0.717) is 12.3 Å². The Balaban J connectivity index is 4.04. The molecule has 0 radical (unpaired) electrons. The molecule has 0 aliphatic heterocycles. The van der Waals surface area contributed by atoms with Gasteiger partial charge in [0.15, 0.2) is 0 Å². The molecule has 0 rings (SSSR count). The maximum absolute atomic E-state index is 11.5. The summed E-state index contributed by atoms with van der Waals surface area (Å²) in [5, 5.41) is 13.8. The van der Waals surface area contributed by atoms with E-state index in [2.05, 4.69) is 10.6 Å². The van der Waals surface area contributed by atoms with Crippen molar-refractivity contribution in [2.75, 3.05) is 6.54 Å². The normalized spacial score (nSPS) is 12.3. The van der Waals surface area contributed by atoms with Crippen LogP contribution < -0.4 is 10.6 Å². The van der Waals surface area contributed by atoms with Crippen molar-refractivity contribution in [1.82, 2.24) is 10.6 Å². The lowest BCUT2D eigenvalue weighted by atomic mass is 10.0. The molecule has 0 spiro atoms. The Kier molecular flexibility index (Phi) is 7.79. The zero-order chi connectivity index (χ0) is 15.0. The molecule has 1 unspecified atom stereocenters. The van der Waals surface area contributed by atoms with Crippen molar-refractivity contribution in [2.45, 2.75) is 46.6 Å². The highest BCUT2D eigenvalue weighted by atomic mass is 16.4. The summed E-state index contributed by atoms with van der Waals surface area (Å²) in [6.45, 7) is 7.26. The quantitative estimate of drug-likeness (QED) is 0.608. The van der Waals surface area contributed by atoms with Crippen LogP contribution in [-0.4, -0.2) is 35.5 Å². The third kappa shape index (κ3) is 8.18. The summed E-state index contributed by atoms with van der Waals surface area (Å²) in [6, 6.07) is -0.930. The summed E-state index contributed by atoms with van der Waals surface area (Å²) in [5.41, 5.74) is 0. The summed E-state index contributed by atoms with van der Waals surface area (Å²) in [4.78, 5) is 33.8. The number of rotatable bonds is 8. The molecule has 0 aromatic rings. The van der Waals surface area contributed by atoms with Gasteiger partial charge in [-0.05, 0) is 18.3 Å². The molecule has 0 fully saturated rings. The monoisotopic (exact) mass is 272 g/mol. The van der Waals surface area contributed by atoms with Crippen molar-refractivity contribution in [1.29, 1.82) is 0 Å². The minimum Gasteiger partial charge on any atom is -0.480 e. The summed E-state index contributed by atoms with van der Waals surface area (Å²) >= 11 is 0. The van der Waals surface area contributed by atoms with Crippen LogP contribution in [0.1, 0.15) is 40.5 Å². The van der Waals surface area contributed by atoms with Gasteiger partial charge in [0.1, 0.15) is 6.04 Å².